The number of aromatic nitrogens is 4. The molecule has 0 saturated heterocycles. The molecule has 0 spiro atoms. The molecule has 4 aromatic rings. The Labute approximate surface area is 185 Å². The fourth-order valence-electron chi connectivity index (χ4n) is 3.16. The van der Waals surface area contributed by atoms with Gasteiger partial charge in [0.25, 0.3) is 0 Å². The summed E-state index contributed by atoms with van der Waals surface area (Å²) >= 11 is 3.35. The Morgan fingerprint density at radius 2 is 1.77 bits per heavy atom. The number of thiazole rings is 1. The third kappa shape index (κ3) is 4.57. The van der Waals surface area contributed by atoms with E-state index in [0.717, 1.165) is 45.3 Å². The van der Waals surface area contributed by atoms with E-state index in [-0.39, 0.29) is 0 Å². The maximum Gasteiger partial charge on any atom is 0.191 e. The van der Waals surface area contributed by atoms with Crippen molar-refractivity contribution in [3.8, 4) is 16.3 Å². The van der Waals surface area contributed by atoms with E-state index < -0.39 is 0 Å². The molecule has 0 unspecified atom stereocenters. The maximum atomic E-state index is 5.96. The lowest BCUT2D eigenvalue weighted by Crippen LogP contribution is -2.07. The van der Waals surface area contributed by atoms with Crippen LogP contribution in [0.25, 0.3) is 10.6 Å². The van der Waals surface area contributed by atoms with Crippen molar-refractivity contribution in [3.05, 3.63) is 76.6 Å². The van der Waals surface area contributed by atoms with Crippen LogP contribution in [0.4, 0.5) is 0 Å². The number of thioether (sulfide) groups is 1. The number of aryl methyl sites for hydroxylation is 2. The highest BCUT2D eigenvalue weighted by Gasteiger charge is 2.14. The molecule has 0 aliphatic heterocycles. The maximum absolute atomic E-state index is 5.96. The van der Waals surface area contributed by atoms with Gasteiger partial charge in [-0.15, -0.1) is 21.5 Å². The van der Waals surface area contributed by atoms with Gasteiger partial charge in [-0.3, -0.25) is 0 Å². The minimum Gasteiger partial charge on any atom is -0.485 e. The van der Waals surface area contributed by atoms with Crippen molar-refractivity contribution in [1.29, 1.82) is 0 Å². The first-order valence-electron chi connectivity index (χ1n) is 9.89. The summed E-state index contributed by atoms with van der Waals surface area (Å²) in [5.74, 6) is 2.48. The predicted octanol–water partition coefficient (Wildman–Crippen LogP) is 5.91. The summed E-state index contributed by atoms with van der Waals surface area (Å²) in [7, 11) is 0. The Morgan fingerprint density at radius 1 is 1.00 bits per heavy atom. The second kappa shape index (κ2) is 9.45. The van der Waals surface area contributed by atoms with Gasteiger partial charge in [0, 0.05) is 23.2 Å². The summed E-state index contributed by atoms with van der Waals surface area (Å²) in [5, 5.41) is 12.8. The van der Waals surface area contributed by atoms with Gasteiger partial charge in [0.15, 0.2) is 11.0 Å². The molecule has 2 aromatic carbocycles. The van der Waals surface area contributed by atoms with Crippen molar-refractivity contribution < 1.29 is 4.74 Å². The van der Waals surface area contributed by atoms with Crippen molar-refractivity contribution in [2.45, 2.75) is 44.8 Å². The topological polar surface area (TPSA) is 52.8 Å². The van der Waals surface area contributed by atoms with Gasteiger partial charge >= 0.3 is 0 Å². The molecule has 7 heteroatoms. The van der Waals surface area contributed by atoms with Crippen LogP contribution in [0.3, 0.4) is 0 Å². The molecular formula is C23H24N4OS2. The molecule has 0 fully saturated rings. The Balaban J connectivity index is 1.42. The molecule has 30 heavy (non-hydrogen) atoms. The third-order valence-corrected chi connectivity index (χ3v) is 6.76. The van der Waals surface area contributed by atoms with Gasteiger partial charge in [0.1, 0.15) is 17.4 Å². The smallest absolute Gasteiger partial charge is 0.191 e. The number of ether oxygens (including phenoxy) is 1. The van der Waals surface area contributed by atoms with Gasteiger partial charge in [0.05, 0.1) is 5.69 Å². The normalized spacial score (nSPS) is 11.0. The minimum atomic E-state index is 0.403. The van der Waals surface area contributed by atoms with E-state index in [1.807, 2.05) is 31.2 Å². The molecule has 5 nitrogen and oxygen atoms in total. The molecule has 2 aromatic heterocycles. The summed E-state index contributed by atoms with van der Waals surface area (Å²) in [6.45, 7) is 7.47. The largest absolute Gasteiger partial charge is 0.485 e. The number of rotatable bonds is 8. The third-order valence-electron chi connectivity index (χ3n) is 4.84. The van der Waals surface area contributed by atoms with Crippen molar-refractivity contribution in [2.24, 2.45) is 0 Å². The summed E-state index contributed by atoms with van der Waals surface area (Å²) < 4.78 is 8.07. The lowest BCUT2D eigenvalue weighted by molar-refractivity contribution is 0.286. The number of para-hydroxylation sites is 1. The molecule has 0 aliphatic rings. The zero-order chi connectivity index (χ0) is 20.9. The van der Waals surface area contributed by atoms with Crippen molar-refractivity contribution >= 4 is 23.1 Å². The number of benzene rings is 2. The van der Waals surface area contributed by atoms with Gasteiger partial charge in [-0.05, 0) is 38.0 Å². The average molecular weight is 437 g/mol. The molecule has 2 heterocycles. The molecule has 4 rings (SSSR count). The summed E-state index contributed by atoms with van der Waals surface area (Å²) in [6, 6.07) is 16.4. The van der Waals surface area contributed by atoms with Crippen LogP contribution in [-0.2, 0) is 18.9 Å². The Hall–Kier alpha value is -2.64. The van der Waals surface area contributed by atoms with Gasteiger partial charge in [0.2, 0.25) is 0 Å². The molecular weight excluding hydrogens is 412 g/mol. The van der Waals surface area contributed by atoms with Crippen LogP contribution in [0, 0.1) is 13.8 Å². The lowest BCUT2D eigenvalue weighted by atomic mass is 10.1. The summed E-state index contributed by atoms with van der Waals surface area (Å²) in [6.07, 6.45) is 0. The number of hydrogen-bond donors (Lipinski definition) is 0. The molecule has 0 radical (unpaired) electrons. The standard InChI is InChI=1S/C23H24N4OS2/c1-4-27-21(13-28-20-12-8-6-10-17(20)3)25-26-23(27)30-15-18-14-29-22(24-18)19-11-7-5-9-16(19)2/h5-12,14H,4,13,15H2,1-3H3. The Morgan fingerprint density at radius 3 is 2.53 bits per heavy atom. The monoisotopic (exact) mass is 436 g/mol. The zero-order valence-corrected chi connectivity index (χ0v) is 19.0. The first-order chi connectivity index (χ1) is 14.7. The second-order valence-corrected chi connectivity index (χ2v) is 8.75. The van der Waals surface area contributed by atoms with E-state index in [0.29, 0.717) is 6.61 Å². The van der Waals surface area contributed by atoms with Crippen LogP contribution in [0.1, 0.15) is 29.6 Å². The van der Waals surface area contributed by atoms with Crippen LogP contribution < -0.4 is 4.74 Å². The highest BCUT2D eigenvalue weighted by molar-refractivity contribution is 7.98. The van der Waals surface area contributed by atoms with E-state index in [1.165, 1.54) is 11.1 Å². The van der Waals surface area contributed by atoms with Crippen LogP contribution in [-0.4, -0.2) is 19.7 Å². The van der Waals surface area contributed by atoms with E-state index >= 15 is 0 Å². The van der Waals surface area contributed by atoms with Crippen LogP contribution in [0.2, 0.25) is 0 Å². The summed E-state index contributed by atoms with van der Waals surface area (Å²) in [4.78, 5) is 4.82. The van der Waals surface area contributed by atoms with E-state index in [1.54, 1.807) is 23.1 Å². The fraction of sp³-hybridized carbons (Fsp3) is 0.261. The van der Waals surface area contributed by atoms with Crippen LogP contribution in [0.5, 0.6) is 5.75 Å². The minimum absolute atomic E-state index is 0.403. The van der Waals surface area contributed by atoms with Crippen LogP contribution >= 0.6 is 23.1 Å². The van der Waals surface area contributed by atoms with Crippen molar-refractivity contribution in [1.82, 2.24) is 19.7 Å². The first-order valence-corrected chi connectivity index (χ1v) is 11.8. The average Bonchev–Trinajstić information content (AvgIpc) is 3.38. The van der Waals surface area contributed by atoms with Gasteiger partial charge < -0.3 is 9.30 Å². The lowest BCUT2D eigenvalue weighted by Gasteiger charge is -2.10. The van der Waals surface area contributed by atoms with Gasteiger partial charge in [-0.25, -0.2) is 4.98 Å². The molecule has 0 amide bonds. The zero-order valence-electron chi connectivity index (χ0n) is 17.3. The Bertz CT molecular complexity index is 1140. The SMILES string of the molecule is CCn1c(COc2ccccc2C)nnc1SCc1csc(-c2ccccc2C)n1. The number of hydrogen-bond acceptors (Lipinski definition) is 6. The molecule has 0 bridgehead atoms. The predicted molar refractivity (Wildman–Crippen MR) is 123 cm³/mol. The van der Waals surface area contributed by atoms with Crippen LogP contribution in [0.15, 0.2) is 59.1 Å². The molecule has 0 aliphatic carbocycles. The summed E-state index contributed by atoms with van der Waals surface area (Å²) in [5.41, 5.74) is 4.62. The van der Waals surface area contributed by atoms with E-state index in [2.05, 4.69) is 58.3 Å². The molecule has 0 saturated carbocycles. The fourth-order valence-corrected chi connectivity index (χ4v) is 5.09. The van der Waals surface area contributed by atoms with Gasteiger partial charge in [-0.2, -0.15) is 0 Å². The molecule has 154 valence electrons. The Kier molecular flexibility index (Phi) is 6.50. The van der Waals surface area contributed by atoms with E-state index in [9.17, 15) is 0 Å². The van der Waals surface area contributed by atoms with Crippen molar-refractivity contribution in [3.63, 3.8) is 0 Å². The van der Waals surface area contributed by atoms with Gasteiger partial charge in [-0.1, -0.05) is 54.2 Å². The quantitative estimate of drug-likeness (QED) is 0.321. The highest BCUT2D eigenvalue weighted by atomic mass is 32.2. The molecule has 0 N–H and O–H groups in total. The van der Waals surface area contributed by atoms with Crippen molar-refractivity contribution in [2.75, 3.05) is 0 Å². The second-order valence-electron chi connectivity index (χ2n) is 6.94. The number of nitrogens with zero attached hydrogens (tertiary/aromatic N) is 4. The van der Waals surface area contributed by atoms with E-state index in [4.69, 9.17) is 9.72 Å². The highest BCUT2D eigenvalue weighted by Crippen LogP contribution is 2.29. The first kappa shape index (κ1) is 20.6. The molecule has 0 atom stereocenters.